The van der Waals surface area contributed by atoms with Crippen LogP contribution in [0, 0.1) is 23.0 Å². The molecule has 0 spiro atoms. The van der Waals surface area contributed by atoms with Crippen LogP contribution in [0.2, 0.25) is 5.02 Å². The fraction of sp³-hybridized carbons (Fsp3) is 0.469. The number of aliphatic hydroxyl groups excluding tert-OH is 1. The van der Waals surface area contributed by atoms with Crippen LogP contribution in [0.25, 0.3) is 32.1 Å². The van der Waals surface area contributed by atoms with E-state index >= 15 is 4.39 Å². The van der Waals surface area contributed by atoms with Crippen molar-refractivity contribution in [2.24, 2.45) is 0 Å². The number of aliphatic hydroxyl groups is 1. The monoisotopic (exact) mass is 708 g/mol. The lowest BCUT2D eigenvalue weighted by atomic mass is 9.95. The van der Waals surface area contributed by atoms with Crippen LogP contribution in [-0.4, -0.2) is 83.1 Å². The summed E-state index contributed by atoms with van der Waals surface area (Å²) in [6.07, 6.45) is -3.10. The van der Waals surface area contributed by atoms with E-state index in [0.29, 0.717) is 13.0 Å². The second-order valence-corrected chi connectivity index (χ2v) is 14.0. The predicted molar refractivity (Wildman–Crippen MR) is 172 cm³/mol. The van der Waals surface area contributed by atoms with Crippen LogP contribution in [0.1, 0.15) is 38.2 Å². The molecule has 4 atom stereocenters. The molecule has 2 aromatic carbocycles. The van der Waals surface area contributed by atoms with Crippen LogP contribution in [0.15, 0.2) is 12.1 Å². The Kier molecular flexibility index (Phi) is 8.42. The van der Waals surface area contributed by atoms with Gasteiger partial charge >= 0.3 is 6.01 Å². The number of ether oxygens (including phenoxy) is 2. The Morgan fingerprint density at radius 1 is 1.29 bits per heavy atom. The molecule has 3 aliphatic heterocycles. The van der Waals surface area contributed by atoms with Crippen molar-refractivity contribution in [1.29, 1.82) is 5.26 Å². The minimum Gasteiger partial charge on any atom is -0.489 e. The molecular formula is C32H30ClF5N6O3S. The van der Waals surface area contributed by atoms with Gasteiger partial charge in [0.2, 0.25) is 0 Å². The highest BCUT2D eigenvalue weighted by atomic mass is 35.5. The van der Waals surface area contributed by atoms with Gasteiger partial charge in [0, 0.05) is 23.9 Å². The van der Waals surface area contributed by atoms with Crippen LogP contribution in [0.3, 0.4) is 0 Å². The highest BCUT2D eigenvalue weighted by Gasteiger charge is 2.49. The van der Waals surface area contributed by atoms with Crippen molar-refractivity contribution in [2.45, 2.75) is 62.9 Å². The first-order valence-electron chi connectivity index (χ1n) is 15.4. The van der Waals surface area contributed by atoms with E-state index in [4.69, 9.17) is 26.8 Å². The van der Waals surface area contributed by atoms with Gasteiger partial charge in [-0.05, 0) is 44.4 Å². The van der Waals surface area contributed by atoms with Crippen LogP contribution in [-0.2, 0) is 0 Å². The van der Waals surface area contributed by atoms with E-state index in [0.717, 1.165) is 23.8 Å². The van der Waals surface area contributed by atoms with Crippen molar-refractivity contribution in [3.63, 3.8) is 0 Å². The van der Waals surface area contributed by atoms with Gasteiger partial charge in [-0.25, -0.2) is 22.0 Å². The van der Waals surface area contributed by atoms with Crippen LogP contribution in [0.4, 0.5) is 32.8 Å². The van der Waals surface area contributed by atoms with Gasteiger partial charge < -0.3 is 25.2 Å². The predicted octanol–water partition coefficient (Wildman–Crippen LogP) is 6.46. The fourth-order valence-corrected chi connectivity index (χ4v) is 8.73. The van der Waals surface area contributed by atoms with E-state index < -0.39 is 48.5 Å². The van der Waals surface area contributed by atoms with E-state index in [1.54, 1.807) is 0 Å². The zero-order chi connectivity index (χ0) is 34.1. The van der Waals surface area contributed by atoms with Crippen molar-refractivity contribution in [3.05, 3.63) is 34.4 Å². The smallest absolute Gasteiger partial charge is 0.319 e. The van der Waals surface area contributed by atoms with Gasteiger partial charge in [0.25, 0.3) is 6.43 Å². The summed E-state index contributed by atoms with van der Waals surface area (Å²) in [5, 5.41) is 19.8. The Bertz CT molecular complexity index is 1970. The molecule has 2 unspecified atom stereocenters. The van der Waals surface area contributed by atoms with Crippen molar-refractivity contribution in [1.82, 2.24) is 14.9 Å². The van der Waals surface area contributed by atoms with E-state index in [1.165, 1.54) is 17.9 Å². The highest BCUT2D eigenvalue weighted by molar-refractivity contribution is 7.23. The number of thiophene rings is 1. The summed E-state index contributed by atoms with van der Waals surface area (Å²) in [5.74, 6) is -1.95. The highest BCUT2D eigenvalue weighted by Crippen LogP contribution is 2.51. The molecule has 7 rings (SSSR count). The van der Waals surface area contributed by atoms with Gasteiger partial charge in [-0.2, -0.15) is 15.2 Å². The number of rotatable bonds is 8. The summed E-state index contributed by atoms with van der Waals surface area (Å²) in [4.78, 5) is 12.1. The summed E-state index contributed by atoms with van der Waals surface area (Å²) in [5.41, 5.74) is 4.74. The number of nitrogens with two attached hydrogens (primary N) is 1. The van der Waals surface area contributed by atoms with Gasteiger partial charge in [-0.3, -0.25) is 4.90 Å². The molecule has 0 bridgehead atoms. The average Bonchev–Trinajstić information content (AvgIpc) is 3.64. The average molecular weight is 709 g/mol. The third-order valence-corrected chi connectivity index (χ3v) is 10.8. The third-order valence-electron chi connectivity index (χ3n) is 9.45. The zero-order valence-electron chi connectivity index (χ0n) is 25.6. The zero-order valence-corrected chi connectivity index (χ0v) is 27.2. The SMILES string of the molecule is CC(O)CC1COc2c(Cl)c(-c3ccc(F)c4sc(N)c(C#N)c34)c(F)c3nc(OC[C@@]45CCCN4C[C@H](F)C5)nc(c23)N1CC(F)F. The Balaban J connectivity index is 1.47. The van der Waals surface area contributed by atoms with Gasteiger partial charge in [0.1, 0.15) is 47.6 Å². The quantitative estimate of drug-likeness (QED) is 0.199. The topological polar surface area (TPSA) is 121 Å². The normalized spacial score (nSPS) is 23.0. The molecule has 5 heterocycles. The van der Waals surface area contributed by atoms with Gasteiger partial charge in [0.05, 0.1) is 44.9 Å². The second kappa shape index (κ2) is 12.3. The number of hydrogen-bond acceptors (Lipinski definition) is 10. The molecule has 0 aliphatic carbocycles. The molecule has 0 amide bonds. The Hall–Kier alpha value is -3.71. The lowest BCUT2D eigenvalue weighted by Gasteiger charge is -2.32. The van der Waals surface area contributed by atoms with Crippen molar-refractivity contribution in [3.8, 4) is 29.0 Å². The van der Waals surface area contributed by atoms with E-state index in [2.05, 4.69) is 9.97 Å². The largest absolute Gasteiger partial charge is 0.489 e. The minimum atomic E-state index is -2.86. The maximum Gasteiger partial charge on any atom is 0.319 e. The molecule has 2 aromatic heterocycles. The minimum absolute atomic E-state index is 0.0103. The Morgan fingerprint density at radius 2 is 2.08 bits per heavy atom. The van der Waals surface area contributed by atoms with Crippen molar-refractivity contribution in [2.75, 3.05) is 43.5 Å². The lowest BCUT2D eigenvalue weighted by Crippen LogP contribution is -2.44. The Morgan fingerprint density at radius 3 is 2.81 bits per heavy atom. The van der Waals surface area contributed by atoms with Crippen LogP contribution in [0.5, 0.6) is 11.8 Å². The maximum atomic E-state index is 17.1. The number of benzene rings is 2. The first-order chi connectivity index (χ1) is 22.9. The number of anilines is 2. The fourth-order valence-electron chi connectivity index (χ4n) is 7.45. The molecule has 0 radical (unpaired) electrons. The summed E-state index contributed by atoms with van der Waals surface area (Å²) in [6.45, 7) is 1.35. The summed E-state index contributed by atoms with van der Waals surface area (Å²) < 4.78 is 87.0. The van der Waals surface area contributed by atoms with E-state index in [-0.39, 0.29) is 97.9 Å². The number of fused-ring (bicyclic) bond motifs is 2. The summed E-state index contributed by atoms with van der Waals surface area (Å²) in [7, 11) is 0. The van der Waals surface area contributed by atoms with E-state index in [1.807, 2.05) is 11.0 Å². The maximum absolute atomic E-state index is 17.1. The van der Waals surface area contributed by atoms with Crippen LogP contribution < -0.4 is 20.1 Å². The molecule has 9 nitrogen and oxygen atoms in total. The number of nitrogens with zero attached hydrogens (tertiary/aromatic N) is 5. The Labute approximate surface area is 280 Å². The first-order valence-corrected chi connectivity index (χ1v) is 16.6. The van der Waals surface area contributed by atoms with Gasteiger partial charge in [-0.1, -0.05) is 17.7 Å². The van der Waals surface area contributed by atoms with Crippen molar-refractivity contribution < 1.29 is 36.5 Å². The van der Waals surface area contributed by atoms with Gasteiger partial charge in [-0.15, -0.1) is 11.3 Å². The molecule has 3 N–H and O–H groups in total. The summed E-state index contributed by atoms with van der Waals surface area (Å²) in [6, 6.07) is 3.13. The molecule has 16 heteroatoms. The first kappa shape index (κ1) is 32.8. The molecule has 254 valence electrons. The molecule has 48 heavy (non-hydrogen) atoms. The molecule has 2 saturated heterocycles. The number of nitriles is 1. The number of hydrogen-bond donors (Lipinski definition) is 2. The van der Waals surface area contributed by atoms with Crippen molar-refractivity contribution >= 4 is 54.7 Å². The summed E-state index contributed by atoms with van der Waals surface area (Å²) >= 11 is 7.73. The molecule has 2 fully saturated rings. The lowest BCUT2D eigenvalue weighted by molar-refractivity contribution is 0.107. The molecule has 4 aromatic rings. The number of nitrogen functional groups attached to an aromatic ring is 1. The molecule has 3 aliphatic rings. The number of aromatic nitrogens is 2. The standard InChI is InChI=1S/C32H30ClF5N6O3S/c1-14(45)7-16-12-46-27-23-26(25(38)22(24(27)33)17-3-4-19(35)28-21(17)18(9-39)29(40)48-28)41-31(42-30(23)44(16)11-20(36)37)47-13-32-5-2-6-43(32)10-15(34)8-32/h3-4,14-16,20,45H,2,5-8,10-13,40H2,1H3/t14?,15-,16?,32+/m1/s1. The number of halogens is 6. The molecule has 0 saturated carbocycles. The molecular weight excluding hydrogens is 679 g/mol. The second-order valence-electron chi connectivity index (χ2n) is 12.6. The van der Waals surface area contributed by atoms with E-state index in [9.17, 15) is 27.9 Å². The van der Waals surface area contributed by atoms with Gasteiger partial charge in [0.15, 0.2) is 11.6 Å². The number of alkyl halides is 3. The third kappa shape index (κ3) is 5.33. The van der Waals surface area contributed by atoms with Crippen LogP contribution >= 0.6 is 22.9 Å².